The number of anilines is 2. The number of aromatic nitrogens is 1. The molecule has 0 spiro atoms. The van der Waals surface area contributed by atoms with Crippen LogP contribution in [-0.4, -0.2) is 24.0 Å². The summed E-state index contributed by atoms with van der Waals surface area (Å²) < 4.78 is 38.1. The van der Waals surface area contributed by atoms with Crippen molar-refractivity contribution in [3.63, 3.8) is 0 Å². The molecular formula is C18H18F3N3O. The maximum Gasteiger partial charge on any atom is 0.433 e. The molecule has 0 saturated carbocycles. The minimum Gasteiger partial charge on any atom is -0.370 e. The minimum atomic E-state index is -4.53. The Kier molecular flexibility index (Phi) is 4.65. The van der Waals surface area contributed by atoms with E-state index in [1.807, 2.05) is 18.2 Å². The molecule has 3 rings (SSSR count). The normalized spacial score (nSPS) is 14.6. The van der Waals surface area contributed by atoms with E-state index >= 15 is 0 Å². The van der Waals surface area contributed by atoms with Crippen LogP contribution in [-0.2, 0) is 6.18 Å². The number of nitrogens with one attached hydrogen (secondary N) is 1. The third-order valence-electron chi connectivity index (χ3n) is 4.22. The number of alkyl halides is 3. The van der Waals surface area contributed by atoms with Crippen LogP contribution >= 0.6 is 0 Å². The van der Waals surface area contributed by atoms with E-state index in [-0.39, 0.29) is 11.3 Å². The second kappa shape index (κ2) is 6.74. The molecule has 1 aliphatic rings. The lowest BCUT2D eigenvalue weighted by Crippen LogP contribution is -2.22. The van der Waals surface area contributed by atoms with Gasteiger partial charge in [-0.05, 0) is 44.0 Å². The molecule has 1 aromatic heterocycles. The third kappa shape index (κ3) is 3.75. The molecule has 1 saturated heterocycles. The Hall–Kier alpha value is -2.57. The van der Waals surface area contributed by atoms with Crippen molar-refractivity contribution in [1.82, 2.24) is 4.98 Å². The van der Waals surface area contributed by atoms with Gasteiger partial charge >= 0.3 is 6.18 Å². The minimum absolute atomic E-state index is 0.0472. The number of benzene rings is 1. The molecule has 1 aliphatic heterocycles. The standard InChI is InChI=1S/C18H18F3N3O/c1-12-13(8-9-16(22-12)18(19,20)21)17(25)23-14-6-2-3-7-15(14)24-10-4-5-11-24/h2-3,6-9H,4-5,10-11H2,1H3,(H,23,25). The Bertz CT molecular complexity index is 783. The Labute approximate surface area is 143 Å². The summed E-state index contributed by atoms with van der Waals surface area (Å²) in [5.41, 5.74) is 0.744. The third-order valence-corrected chi connectivity index (χ3v) is 4.22. The van der Waals surface area contributed by atoms with Gasteiger partial charge in [0.05, 0.1) is 22.6 Å². The first-order chi connectivity index (χ1) is 11.9. The number of pyridine rings is 1. The van der Waals surface area contributed by atoms with Crippen LogP contribution < -0.4 is 10.2 Å². The fraction of sp³-hybridized carbons (Fsp3) is 0.333. The zero-order chi connectivity index (χ0) is 18.0. The van der Waals surface area contributed by atoms with E-state index in [1.54, 1.807) is 6.07 Å². The van der Waals surface area contributed by atoms with Gasteiger partial charge in [-0.1, -0.05) is 12.1 Å². The van der Waals surface area contributed by atoms with Crippen LogP contribution in [0.3, 0.4) is 0 Å². The molecule has 0 aliphatic carbocycles. The molecule has 0 atom stereocenters. The summed E-state index contributed by atoms with van der Waals surface area (Å²) in [7, 11) is 0. The largest absolute Gasteiger partial charge is 0.433 e. The van der Waals surface area contributed by atoms with Crippen LogP contribution in [0.2, 0.25) is 0 Å². The number of hydrogen-bond donors (Lipinski definition) is 1. The van der Waals surface area contributed by atoms with Gasteiger partial charge in [0.1, 0.15) is 5.69 Å². The second-order valence-corrected chi connectivity index (χ2v) is 5.99. The van der Waals surface area contributed by atoms with Crippen LogP contribution in [0.4, 0.5) is 24.5 Å². The predicted molar refractivity (Wildman–Crippen MR) is 89.8 cm³/mol. The molecular weight excluding hydrogens is 331 g/mol. The molecule has 2 aromatic rings. The second-order valence-electron chi connectivity index (χ2n) is 5.99. The van der Waals surface area contributed by atoms with Crippen molar-refractivity contribution in [1.29, 1.82) is 0 Å². The molecule has 1 aromatic carbocycles. The highest BCUT2D eigenvalue weighted by Gasteiger charge is 2.33. The number of carbonyl (C=O) groups excluding carboxylic acids is 1. The summed E-state index contributed by atoms with van der Waals surface area (Å²) in [5, 5.41) is 2.80. The highest BCUT2D eigenvalue weighted by atomic mass is 19.4. The predicted octanol–water partition coefficient (Wildman–Crippen LogP) is 4.26. The molecule has 25 heavy (non-hydrogen) atoms. The Morgan fingerprint density at radius 3 is 2.44 bits per heavy atom. The van der Waals surface area contributed by atoms with Gasteiger partial charge < -0.3 is 10.2 Å². The number of rotatable bonds is 3. The van der Waals surface area contributed by atoms with E-state index < -0.39 is 17.8 Å². The van der Waals surface area contributed by atoms with Crippen molar-refractivity contribution in [3.05, 3.63) is 53.3 Å². The SMILES string of the molecule is Cc1nc(C(F)(F)F)ccc1C(=O)Nc1ccccc1N1CCCC1. The van der Waals surface area contributed by atoms with Gasteiger partial charge in [-0.3, -0.25) is 4.79 Å². The van der Waals surface area contributed by atoms with Crippen LogP contribution in [0.15, 0.2) is 36.4 Å². The molecule has 1 N–H and O–H groups in total. The quantitative estimate of drug-likeness (QED) is 0.900. The monoisotopic (exact) mass is 349 g/mol. The number of para-hydroxylation sites is 2. The molecule has 0 radical (unpaired) electrons. The maximum absolute atomic E-state index is 12.7. The summed E-state index contributed by atoms with van der Waals surface area (Å²) in [6.45, 7) is 3.25. The molecule has 1 amide bonds. The molecule has 132 valence electrons. The lowest BCUT2D eigenvalue weighted by atomic mass is 10.1. The van der Waals surface area contributed by atoms with Crippen molar-refractivity contribution in [3.8, 4) is 0 Å². The Balaban J connectivity index is 1.84. The topological polar surface area (TPSA) is 45.2 Å². The number of aryl methyl sites for hydroxylation is 1. The van der Waals surface area contributed by atoms with Gasteiger partial charge in [0.2, 0.25) is 0 Å². The highest BCUT2D eigenvalue weighted by molar-refractivity contribution is 6.06. The van der Waals surface area contributed by atoms with Crippen LogP contribution in [0.25, 0.3) is 0 Å². The summed E-state index contributed by atoms with van der Waals surface area (Å²) >= 11 is 0. The zero-order valence-electron chi connectivity index (χ0n) is 13.7. The van der Waals surface area contributed by atoms with Gasteiger partial charge in [0, 0.05) is 13.1 Å². The van der Waals surface area contributed by atoms with Gasteiger partial charge in [-0.15, -0.1) is 0 Å². The van der Waals surface area contributed by atoms with Crippen molar-refractivity contribution < 1.29 is 18.0 Å². The number of amides is 1. The molecule has 0 unspecified atom stereocenters. The lowest BCUT2D eigenvalue weighted by molar-refractivity contribution is -0.141. The van der Waals surface area contributed by atoms with E-state index in [1.165, 1.54) is 13.0 Å². The Morgan fingerprint density at radius 2 is 1.80 bits per heavy atom. The molecule has 2 heterocycles. The average Bonchev–Trinajstić information content (AvgIpc) is 3.08. The van der Waals surface area contributed by atoms with Gasteiger partial charge in [-0.25, -0.2) is 4.98 Å². The van der Waals surface area contributed by atoms with E-state index in [0.717, 1.165) is 37.7 Å². The summed E-state index contributed by atoms with van der Waals surface area (Å²) in [6.07, 6.45) is -2.32. The first kappa shape index (κ1) is 17.3. The van der Waals surface area contributed by atoms with E-state index in [0.29, 0.717) is 5.69 Å². The van der Waals surface area contributed by atoms with E-state index in [2.05, 4.69) is 15.2 Å². The Morgan fingerprint density at radius 1 is 1.12 bits per heavy atom. The molecule has 4 nitrogen and oxygen atoms in total. The number of carbonyl (C=O) groups is 1. The zero-order valence-corrected chi connectivity index (χ0v) is 13.7. The summed E-state index contributed by atoms with van der Waals surface area (Å²) in [5.74, 6) is -0.467. The fourth-order valence-corrected chi connectivity index (χ4v) is 2.96. The average molecular weight is 349 g/mol. The molecule has 1 fully saturated rings. The number of hydrogen-bond acceptors (Lipinski definition) is 3. The van der Waals surface area contributed by atoms with Gasteiger partial charge in [0.15, 0.2) is 0 Å². The summed E-state index contributed by atoms with van der Waals surface area (Å²) in [4.78, 5) is 18.2. The van der Waals surface area contributed by atoms with Gasteiger partial charge in [-0.2, -0.15) is 13.2 Å². The van der Waals surface area contributed by atoms with Crippen molar-refractivity contribution in [2.45, 2.75) is 25.9 Å². The lowest BCUT2D eigenvalue weighted by Gasteiger charge is -2.21. The first-order valence-electron chi connectivity index (χ1n) is 8.06. The van der Waals surface area contributed by atoms with Crippen molar-refractivity contribution in [2.24, 2.45) is 0 Å². The first-order valence-corrected chi connectivity index (χ1v) is 8.06. The number of halogens is 3. The van der Waals surface area contributed by atoms with E-state index in [9.17, 15) is 18.0 Å². The van der Waals surface area contributed by atoms with Crippen LogP contribution in [0.5, 0.6) is 0 Å². The molecule has 0 bridgehead atoms. The van der Waals surface area contributed by atoms with Crippen LogP contribution in [0, 0.1) is 6.92 Å². The summed E-state index contributed by atoms with van der Waals surface area (Å²) in [6, 6.07) is 9.42. The molecule has 7 heteroatoms. The maximum atomic E-state index is 12.7. The van der Waals surface area contributed by atoms with Crippen molar-refractivity contribution in [2.75, 3.05) is 23.3 Å². The number of nitrogens with zero attached hydrogens (tertiary/aromatic N) is 2. The fourth-order valence-electron chi connectivity index (χ4n) is 2.96. The van der Waals surface area contributed by atoms with Crippen molar-refractivity contribution >= 4 is 17.3 Å². The van der Waals surface area contributed by atoms with E-state index in [4.69, 9.17) is 0 Å². The highest BCUT2D eigenvalue weighted by Crippen LogP contribution is 2.30. The smallest absolute Gasteiger partial charge is 0.370 e. The van der Waals surface area contributed by atoms with Gasteiger partial charge in [0.25, 0.3) is 5.91 Å². The van der Waals surface area contributed by atoms with Crippen LogP contribution in [0.1, 0.15) is 34.6 Å².